The molecule has 0 aliphatic carbocycles. The van der Waals surface area contributed by atoms with Gasteiger partial charge < -0.3 is 9.74 Å². The highest BCUT2D eigenvalue weighted by molar-refractivity contribution is 7.89. The van der Waals surface area contributed by atoms with E-state index in [1.54, 1.807) is 32.9 Å². The van der Waals surface area contributed by atoms with Gasteiger partial charge in [0, 0.05) is 24.1 Å². The molecule has 0 aromatic heterocycles. The van der Waals surface area contributed by atoms with Crippen LogP contribution in [-0.2, 0) is 19.2 Å². The Labute approximate surface area is 200 Å². The zero-order valence-electron chi connectivity index (χ0n) is 21.4. The van der Waals surface area contributed by atoms with Gasteiger partial charge in [-0.3, -0.25) is 9.59 Å². The molecule has 1 heterocycles. The summed E-state index contributed by atoms with van der Waals surface area (Å²) in [5.41, 5.74) is 0.769. The van der Waals surface area contributed by atoms with E-state index in [-0.39, 0.29) is 51.5 Å². The van der Waals surface area contributed by atoms with Crippen molar-refractivity contribution in [3.63, 3.8) is 0 Å². The molecular weight excluding hydrogens is 456 g/mol. The Bertz CT molecular complexity index is 985. The number of sulfonamides is 1. The molecule has 0 unspecified atom stereocenters. The van der Waals surface area contributed by atoms with Crippen LogP contribution in [0.2, 0.25) is 13.1 Å². The second kappa shape index (κ2) is 10.4. The number of amides is 1. The van der Waals surface area contributed by atoms with Crippen molar-refractivity contribution >= 4 is 30.8 Å². The summed E-state index contributed by atoms with van der Waals surface area (Å²) in [5, 5.41) is 2.92. The molecule has 1 fully saturated rings. The minimum Gasteiger partial charge on any atom is -0.420 e. The number of carbonyl (C=O) groups is 2. The molecule has 0 saturated carbocycles. The number of carbonyl (C=O) groups excluding carboxylic acids is 2. The summed E-state index contributed by atoms with van der Waals surface area (Å²) in [6.07, 6.45) is 0. The van der Waals surface area contributed by atoms with Crippen molar-refractivity contribution in [1.82, 2.24) is 10.0 Å². The molecule has 2 N–H and O–H groups in total. The molecule has 7 nitrogen and oxygen atoms in total. The van der Waals surface area contributed by atoms with Crippen LogP contribution in [0.5, 0.6) is 0 Å². The van der Waals surface area contributed by atoms with Crippen LogP contribution in [0.1, 0.15) is 57.5 Å². The predicted octanol–water partition coefficient (Wildman–Crippen LogP) is 3.28. The van der Waals surface area contributed by atoms with Crippen LogP contribution >= 0.6 is 0 Å². The highest BCUT2D eigenvalue weighted by Gasteiger charge is 2.51. The summed E-state index contributed by atoms with van der Waals surface area (Å²) in [5.74, 6) is -1.36. The van der Waals surface area contributed by atoms with Crippen molar-refractivity contribution in [3.05, 3.63) is 29.3 Å². The van der Waals surface area contributed by atoms with Crippen molar-refractivity contribution in [2.75, 3.05) is 6.61 Å². The topological polar surface area (TPSA) is 102 Å². The number of hydrogen-bond acceptors (Lipinski definition) is 5. The van der Waals surface area contributed by atoms with Gasteiger partial charge in [-0.2, -0.15) is 0 Å². The standard InChI is InChI=1S/C24H40N2O5SSi/c1-14(2)26-32(29,30)19-11-10-15(3)12-17(19)22(27)16(4)21-20(23(28)25-21)18(24(5,6)7)13-31-33(8)9/h10-12,14,16,18,20-21,26,33H,13H2,1-9H3,(H,25,28)/t16-,18-,20+,21-/m1/s1. The molecule has 1 saturated heterocycles. The third-order valence-electron chi connectivity index (χ3n) is 6.19. The first-order valence-corrected chi connectivity index (χ1v) is 15.9. The molecule has 0 bridgehead atoms. The van der Waals surface area contributed by atoms with E-state index in [1.165, 1.54) is 6.07 Å². The summed E-state index contributed by atoms with van der Waals surface area (Å²) in [6.45, 7) is 18.0. The van der Waals surface area contributed by atoms with E-state index >= 15 is 0 Å². The minimum atomic E-state index is -3.86. The number of ketones is 1. The molecule has 1 aliphatic rings. The first-order chi connectivity index (χ1) is 15.1. The maximum absolute atomic E-state index is 13.6. The highest BCUT2D eigenvalue weighted by atomic mass is 32.2. The first-order valence-electron chi connectivity index (χ1n) is 11.7. The predicted molar refractivity (Wildman–Crippen MR) is 133 cm³/mol. The normalized spacial score (nSPS) is 21.0. The van der Waals surface area contributed by atoms with Crippen LogP contribution < -0.4 is 10.0 Å². The molecule has 186 valence electrons. The molecular formula is C24H40N2O5SSi. The van der Waals surface area contributed by atoms with Gasteiger partial charge in [0.15, 0.2) is 14.8 Å². The lowest BCUT2D eigenvalue weighted by atomic mass is 9.64. The summed E-state index contributed by atoms with van der Waals surface area (Å²) < 4.78 is 34.4. The van der Waals surface area contributed by atoms with Crippen molar-refractivity contribution in [1.29, 1.82) is 0 Å². The maximum atomic E-state index is 13.6. The molecule has 1 amide bonds. The van der Waals surface area contributed by atoms with Crippen molar-refractivity contribution in [2.24, 2.45) is 23.2 Å². The number of β-lactam (4-membered cyclic amide) rings is 1. The largest absolute Gasteiger partial charge is 0.420 e. The van der Waals surface area contributed by atoms with Gasteiger partial charge in [0.05, 0.1) is 16.9 Å². The second-order valence-corrected chi connectivity index (χ2v) is 15.0. The Morgan fingerprint density at radius 3 is 2.30 bits per heavy atom. The van der Waals surface area contributed by atoms with Crippen LogP contribution in [0.25, 0.3) is 0 Å². The monoisotopic (exact) mass is 496 g/mol. The Balaban J connectivity index is 2.40. The van der Waals surface area contributed by atoms with Crippen LogP contribution in [0.15, 0.2) is 23.1 Å². The fourth-order valence-corrected chi connectivity index (χ4v) is 6.36. The van der Waals surface area contributed by atoms with E-state index in [1.807, 2.05) is 6.92 Å². The van der Waals surface area contributed by atoms with E-state index in [4.69, 9.17) is 4.43 Å². The van der Waals surface area contributed by atoms with Crippen molar-refractivity contribution in [3.8, 4) is 0 Å². The fraction of sp³-hybridized carbons (Fsp3) is 0.667. The molecule has 9 heteroatoms. The second-order valence-electron chi connectivity index (χ2n) is 10.8. The van der Waals surface area contributed by atoms with Crippen LogP contribution in [0.3, 0.4) is 0 Å². The Hall–Kier alpha value is -1.55. The van der Waals surface area contributed by atoms with Crippen LogP contribution in [0.4, 0.5) is 0 Å². The Kier molecular flexibility index (Phi) is 8.70. The number of rotatable bonds is 10. The molecule has 1 aromatic rings. The van der Waals surface area contributed by atoms with Gasteiger partial charge in [-0.05, 0) is 57.3 Å². The van der Waals surface area contributed by atoms with Gasteiger partial charge in [0.1, 0.15) is 0 Å². The van der Waals surface area contributed by atoms with Gasteiger partial charge in [0.25, 0.3) is 0 Å². The Morgan fingerprint density at radius 2 is 1.82 bits per heavy atom. The molecule has 0 radical (unpaired) electrons. The average Bonchev–Trinajstić information content (AvgIpc) is 2.65. The molecule has 0 spiro atoms. The molecule has 1 aliphatic heterocycles. The third kappa shape index (κ3) is 6.53. The summed E-state index contributed by atoms with van der Waals surface area (Å²) in [4.78, 5) is 26.2. The SMILES string of the molecule is Cc1ccc(S(=O)(=O)NC(C)C)c(C(=O)[C@H](C)[C@H]2NC(=O)[C@H]2[C@@H](CO[SiH](C)C)C(C)(C)C)c1. The first kappa shape index (κ1) is 27.7. The number of Topliss-reactive ketones (excluding diaryl/α,β-unsaturated/α-hetero) is 1. The van der Waals surface area contributed by atoms with Gasteiger partial charge >= 0.3 is 0 Å². The minimum absolute atomic E-state index is 0.0256. The lowest BCUT2D eigenvalue weighted by Crippen LogP contribution is -2.66. The van der Waals surface area contributed by atoms with Crippen LogP contribution in [0, 0.1) is 30.1 Å². The summed E-state index contributed by atoms with van der Waals surface area (Å²) >= 11 is 0. The lowest BCUT2D eigenvalue weighted by molar-refractivity contribution is -0.143. The van der Waals surface area contributed by atoms with E-state index < -0.39 is 25.0 Å². The van der Waals surface area contributed by atoms with E-state index in [9.17, 15) is 18.0 Å². The zero-order valence-corrected chi connectivity index (χ0v) is 23.3. The zero-order chi connectivity index (χ0) is 25.3. The number of benzene rings is 1. The van der Waals surface area contributed by atoms with Crippen LogP contribution in [-0.4, -0.2) is 47.8 Å². The summed E-state index contributed by atoms with van der Waals surface area (Å²) in [7, 11) is -5.13. The molecule has 1 aromatic carbocycles. The Morgan fingerprint density at radius 1 is 1.21 bits per heavy atom. The van der Waals surface area contributed by atoms with Gasteiger partial charge in [-0.25, -0.2) is 13.1 Å². The van der Waals surface area contributed by atoms with E-state index in [0.717, 1.165) is 5.56 Å². The van der Waals surface area contributed by atoms with Gasteiger partial charge in [0.2, 0.25) is 15.9 Å². The summed E-state index contributed by atoms with van der Waals surface area (Å²) in [6, 6.07) is 4.12. The van der Waals surface area contributed by atoms with Crippen molar-refractivity contribution < 1.29 is 22.4 Å². The fourth-order valence-electron chi connectivity index (χ4n) is 4.33. The number of aryl methyl sites for hydroxylation is 1. The lowest BCUT2D eigenvalue weighted by Gasteiger charge is -2.48. The molecule has 4 atom stereocenters. The van der Waals surface area contributed by atoms with Crippen molar-refractivity contribution in [2.45, 2.75) is 78.5 Å². The highest BCUT2D eigenvalue weighted by Crippen LogP contribution is 2.41. The van der Waals surface area contributed by atoms with E-state index in [0.29, 0.717) is 6.61 Å². The third-order valence-corrected chi connectivity index (χ3v) is 8.76. The number of nitrogens with one attached hydrogen (secondary N) is 2. The molecule has 2 rings (SSSR count). The average molecular weight is 497 g/mol. The molecule has 33 heavy (non-hydrogen) atoms. The smallest absolute Gasteiger partial charge is 0.241 e. The van der Waals surface area contributed by atoms with Gasteiger partial charge in [-0.15, -0.1) is 0 Å². The number of hydrogen-bond donors (Lipinski definition) is 2. The maximum Gasteiger partial charge on any atom is 0.241 e. The van der Waals surface area contributed by atoms with E-state index in [2.05, 4.69) is 43.9 Å². The quantitative estimate of drug-likeness (QED) is 0.294. The van der Waals surface area contributed by atoms with Gasteiger partial charge in [-0.1, -0.05) is 39.3 Å².